The Kier molecular flexibility index (Phi) is 3.19. The molecule has 0 amide bonds. The molecule has 1 heterocycles. The minimum absolute atomic E-state index is 0.132. The number of aromatic nitrogens is 2. The van der Waals surface area contributed by atoms with Crippen molar-refractivity contribution >= 4 is 5.97 Å². The van der Waals surface area contributed by atoms with Crippen LogP contribution in [0.15, 0.2) is 18.3 Å². The molecule has 0 aliphatic rings. The van der Waals surface area contributed by atoms with Gasteiger partial charge in [0, 0.05) is 6.42 Å². The van der Waals surface area contributed by atoms with E-state index in [-0.39, 0.29) is 5.69 Å². The van der Waals surface area contributed by atoms with Crippen molar-refractivity contribution in [3.63, 3.8) is 0 Å². The molecule has 4 nitrogen and oxygen atoms in total. The first-order valence-electron chi connectivity index (χ1n) is 5.81. The van der Waals surface area contributed by atoms with Crippen molar-refractivity contribution in [3.05, 3.63) is 52.1 Å². The van der Waals surface area contributed by atoms with Crippen LogP contribution < -0.4 is 0 Å². The Labute approximate surface area is 106 Å². The summed E-state index contributed by atoms with van der Waals surface area (Å²) < 4.78 is 0. The van der Waals surface area contributed by atoms with E-state index in [1.54, 1.807) is 0 Å². The van der Waals surface area contributed by atoms with Gasteiger partial charge in [-0.2, -0.15) is 0 Å². The van der Waals surface area contributed by atoms with Crippen LogP contribution in [0.1, 0.15) is 38.6 Å². The van der Waals surface area contributed by atoms with Crippen molar-refractivity contribution in [2.24, 2.45) is 0 Å². The number of nitrogens with one attached hydrogen (secondary N) is 1. The predicted octanol–water partition coefficient (Wildman–Crippen LogP) is 2.62. The van der Waals surface area contributed by atoms with Crippen molar-refractivity contribution in [2.45, 2.75) is 27.2 Å². The number of carboxylic acids is 1. The number of carbonyl (C=O) groups is 1. The number of aryl methyl sites for hydroxylation is 3. The standard InChI is InChI=1S/C14H16N2O2/c1-8-4-9(2)11(10(3)5-8)6-13-15-7-12(16-13)14(17)18/h4-5,7H,6H2,1-3H3,(H,15,16)(H,17,18). The molecule has 2 aromatic rings. The maximum atomic E-state index is 10.8. The van der Waals surface area contributed by atoms with E-state index in [1.165, 1.54) is 28.5 Å². The number of hydrogen-bond donors (Lipinski definition) is 2. The largest absolute Gasteiger partial charge is 0.477 e. The van der Waals surface area contributed by atoms with Crippen molar-refractivity contribution in [1.29, 1.82) is 0 Å². The second-order valence-corrected chi connectivity index (χ2v) is 4.60. The molecule has 1 aromatic carbocycles. The van der Waals surface area contributed by atoms with E-state index in [9.17, 15) is 4.79 Å². The zero-order chi connectivity index (χ0) is 13.3. The lowest BCUT2D eigenvalue weighted by Crippen LogP contribution is -2.00. The van der Waals surface area contributed by atoms with Crippen LogP contribution in [0, 0.1) is 20.8 Å². The Morgan fingerprint density at radius 2 is 1.89 bits per heavy atom. The maximum absolute atomic E-state index is 10.8. The van der Waals surface area contributed by atoms with Crippen LogP contribution in [0.5, 0.6) is 0 Å². The smallest absolute Gasteiger partial charge is 0.353 e. The fourth-order valence-corrected chi connectivity index (χ4v) is 2.22. The zero-order valence-corrected chi connectivity index (χ0v) is 10.7. The number of aromatic carboxylic acids is 1. The third-order valence-electron chi connectivity index (χ3n) is 3.04. The Balaban J connectivity index is 2.31. The minimum Gasteiger partial charge on any atom is -0.477 e. The highest BCUT2D eigenvalue weighted by Crippen LogP contribution is 2.19. The van der Waals surface area contributed by atoms with E-state index in [1.807, 2.05) is 0 Å². The number of carboxylic acid groups (broad SMARTS) is 1. The number of benzene rings is 1. The number of H-pyrrole nitrogens is 1. The number of imidazole rings is 1. The van der Waals surface area contributed by atoms with Gasteiger partial charge >= 0.3 is 5.97 Å². The molecule has 0 aliphatic heterocycles. The Morgan fingerprint density at radius 1 is 1.28 bits per heavy atom. The van der Waals surface area contributed by atoms with Crippen LogP contribution in [0.25, 0.3) is 0 Å². The molecule has 94 valence electrons. The third kappa shape index (κ3) is 2.42. The van der Waals surface area contributed by atoms with Gasteiger partial charge in [0.05, 0.1) is 6.20 Å². The predicted molar refractivity (Wildman–Crippen MR) is 69.0 cm³/mol. The number of rotatable bonds is 3. The highest BCUT2D eigenvalue weighted by molar-refractivity contribution is 5.85. The average molecular weight is 244 g/mol. The summed E-state index contributed by atoms with van der Waals surface area (Å²) in [5.41, 5.74) is 4.99. The van der Waals surface area contributed by atoms with Gasteiger partial charge in [0.25, 0.3) is 0 Å². The van der Waals surface area contributed by atoms with Crippen LogP contribution in [0.3, 0.4) is 0 Å². The highest BCUT2D eigenvalue weighted by atomic mass is 16.4. The SMILES string of the molecule is Cc1cc(C)c(Cc2ncc(C(=O)O)[nH]2)c(C)c1. The summed E-state index contributed by atoms with van der Waals surface area (Å²) in [7, 11) is 0. The zero-order valence-electron chi connectivity index (χ0n) is 10.7. The van der Waals surface area contributed by atoms with Gasteiger partial charge in [-0.1, -0.05) is 17.7 Å². The lowest BCUT2D eigenvalue weighted by molar-refractivity contribution is 0.0691. The summed E-state index contributed by atoms with van der Waals surface area (Å²) in [4.78, 5) is 17.7. The molecule has 0 aliphatic carbocycles. The second-order valence-electron chi connectivity index (χ2n) is 4.60. The Bertz CT molecular complexity index is 577. The summed E-state index contributed by atoms with van der Waals surface area (Å²) in [5, 5.41) is 8.84. The summed E-state index contributed by atoms with van der Waals surface area (Å²) >= 11 is 0. The van der Waals surface area contributed by atoms with Crippen molar-refractivity contribution in [1.82, 2.24) is 9.97 Å². The lowest BCUT2D eigenvalue weighted by Gasteiger charge is -2.09. The molecule has 0 spiro atoms. The van der Waals surface area contributed by atoms with E-state index >= 15 is 0 Å². The fraction of sp³-hybridized carbons (Fsp3) is 0.286. The van der Waals surface area contributed by atoms with Crippen molar-refractivity contribution in [2.75, 3.05) is 0 Å². The minimum atomic E-state index is -0.980. The van der Waals surface area contributed by atoms with Crippen LogP contribution in [-0.4, -0.2) is 21.0 Å². The molecule has 4 heteroatoms. The van der Waals surface area contributed by atoms with Gasteiger partial charge in [0.2, 0.25) is 0 Å². The normalized spacial score (nSPS) is 10.6. The molecule has 0 fully saturated rings. The number of aromatic amines is 1. The van der Waals surface area contributed by atoms with E-state index in [2.05, 4.69) is 42.9 Å². The van der Waals surface area contributed by atoms with E-state index in [0.717, 1.165) is 0 Å². The molecule has 0 unspecified atom stereocenters. The molecule has 18 heavy (non-hydrogen) atoms. The quantitative estimate of drug-likeness (QED) is 0.872. The van der Waals surface area contributed by atoms with Crippen LogP contribution >= 0.6 is 0 Å². The van der Waals surface area contributed by atoms with Crippen LogP contribution in [-0.2, 0) is 6.42 Å². The molecular weight excluding hydrogens is 228 g/mol. The van der Waals surface area contributed by atoms with Gasteiger partial charge in [-0.25, -0.2) is 9.78 Å². The number of hydrogen-bond acceptors (Lipinski definition) is 2. The number of nitrogens with zero attached hydrogens (tertiary/aromatic N) is 1. The van der Waals surface area contributed by atoms with Crippen LogP contribution in [0.4, 0.5) is 0 Å². The van der Waals surface area contributed by atoms with Crippen LogP contribution in [0.2, 0.25) is 0 Å². The summed E-state index contributed by atoms with van der Waals surface area (Å²) in [6.07, 6.45) is 1.99. The summed E-state index contributed by atoms with van der Waals surface area (Å²) in [5.74, 6) is -0.298. The molecule has 2 rings (SSSR count). The third-order valence-corrected chi connectivity index (χ3v) is 3.04. The molecule has 0 saturated carbocycles. The molecule has 0 radical (unpaired) electrons. The fourth-order valence-electron chi connectivity index (χ4n) is 2.22. The topological polar surface area (TPSA) is 66.0 Å². The van der Waals surface area contributed by atoms with Gasteiger partial charge in [-0.3, -0.25) is 0 Å². The molecule has 2 N–H and O–H groups in total. The first-order valence-corrected chi connectivity index (χ1v) is 5.81. The molecule has 0 saturated heterocycles. The van der Waals surface area contributed by atoms with Gasteiger partial charge < -0.3 is 10.1 Å². The monoisotopic (exact) mass is 244 g/mol. The second kappa shape index (κ2) is 4.64. The van der Waals surface area contributed by atoms with Gasteiger partial charge in [0.1, 0.15) is 11.5 Å². The van der Waals surface area contributed by atoms with E-state index in [0.29, 0.717) is 12.2 Å². The van der Waals surface area contributed by atoms with Crippen molar-refractivity contribution in [3.8, 4) is 0 Å². The Morgan fingerprint density at radius 3 is 2.39 bits per heavy atom. The molecule has 1 aromatic heterocycles. The summed E-state index contributed by atoms with van der Waals surface area (Å²) in [6, 6.07) is 4.26. The maximum Gasteiger partial charge on any atom is 0.353 e. The Hall–Kier alpha value is -2.10. The van der Waals surface area contributed by atoms with Crippen molar-refractivity contribution < 1.29 is 9.90 Å². The first-order chi connectivity index (χ1) is 8.47. The highest BCUT2D eigenvalue weighted by Gasteiger charge is 2.10. The first kappa shape index (κ1) is 12.4. The molecule has 0 atom stereocenters. The van der Waals surface area contributed by atoms with Gasteiger partial charge in [-0.15, -0.1) is 0 Å². The van der Waals surface area contributed by atoms with E-state index < -0.39 is 5.97 Å². The summed E-state index contributed by atoms with van der Waals surface area (Å²) in [6.45, 7) is 6.20. The van der Waals surface area contributed by atoms with Gasteiger partial charge in [-0.05, 0) is 37.5 Å². The lowest BCUT2D eigenvalue weighted by atomic mass is 9.97. The molecule has 0 bridgehead atoms. The average Bonchev–Trinajstić information content (AvgIpc) is 2.71. The van der Waals surface area contributed by atoms with E-state index in [4.69, 9.17) is 5.11 Å². The molecular formula is C14H16N2O2. The van der Waals surface area contributed by atoms with Gasteiger partial charge in [0.15, 0.2) is 0 Å².